The first kappa shape index (κ1) is 11.2. The van der Waals surface area contributed by atoms with Gasteiger partial charge in [0.05, 0.1) is 28.9 Å². The second kappa shape index (κ2) is 4.42. The molecule has 0 bridgehead atoms. The van der Waals surface area contributed by atoms with Crippen molar-refractivity contribution in [3.05, 3.63) is 65.2 Å². The number of nitrogens with zero attached hydrogens (tertiary/aromatic N) is 2. The van der Waals surface area contributed by atoms with E-state index in [9.17, 15) is 4.39 Å². The van der Waals surface area contributed by atoms with Crippen LogP contribution in [0.3, 0.4) is 0 Å². The predicted octanol–water partition coefficient (Wildman–Crippen LogP) is 3.88. The van der Waals surface area contributed by atoms with Crippen molar-refractivity contribution in [2.45, 2.75) is 6.54 Å². The molecule has 0 unspecified atom stereocenters. The zero-order chi connectivity index (χ0) is 12.5. The smallest absolute Gasteiger partial charge is 0.142 e. The molecular formula is C14H10ClFN2. The standard InChI is InChI=1S/C14H10ClFN2/c15-14-10(4-3-5-11(14)16)8-18-9-17-12-6-1-2-7-13(12)18/h1-7,9H,8H2. The number of hydrogen-bond donors (Lipinski definition) is 0. The molecule has 3 aromatic rings. The van der Waals surface area contributed by atoms with Crippen LogP contribution in [0.1, 0.15) is 5.56 Å². The average Bonchev–Trinajstić information content (AvgIpc) is 2.79. The van der Waals surface area contributed by atoms with E-state index < -0.39 is 5.82 Å². The lowest BCUT2D eigenvalue weighted by atomic mass is 10.2. The van der Waals surface area contributed by atoms with Gasteiger partial charge in [-0.25, -0.2) is 9.37 Å². The van der Waals surface area contributed by atoms with Gasteiger partial charge in [-0.1, -0.05) is 35.9 Å². The van der Waals surface area contributed by atoms with E-state index in [4.69, 9.17) is 11.6 Å². The van der Waals surface area contributed by atoms with E-state index >= 15 is 0 Å². The van der Waals surface area contributed by atoms with Crippen molar-refractivity contribution >= 4 is 22.6 Å². The maximum atomic E-state index is 13.4. The Labute approximate surface area is 109 Å². The number of aromatic nitrogens is 2. The van der Waals surface area contributed by atoms with Gasteiger partial charge in [-0.3, -0.25) is 0 Å². The summed E-state index contributed by atoms with van der Waals surface area (Å²) in [6, 6.07) is 12.7. The summed E-state index contributed by atoms with van der Waals surface area (Å²) in [6.45, 7) is 0.511. The molecule has 2 aromatic carbocycles. The normalized spacial score (nSPS) is 11.0. The molecule has 18 heavy (non-hydrogen) atoms. The Hall–Kier alpha value is -1.87. The van der Waals surface area contributed by atoms with Crippen LogP contribution in [0.4, 0.5) is 4.39 Å². The average molecular weight is 261 g/mol. The molecule has 1 aromatic heterocycles. The lowest BCUT2D eigenvalue weighted by Gasteiger charge is -2.07. The Morgan fingerprint density at radius 3 is 2.83 bits per heavy atom. The van der Waals surface area contributed by atoms with Crippen molar-refractivity contribution < 1.29 is 4.39 Å². The van der Waals surface area contributed by atoms with Gasteiger partial charge in [0.1, 0.15) is 5.82 Å². The van der Waals surface area contributed by atoms with Gasteiger partial charge in [-0.15, -0.1) is 0 Å². The van der Waals surface area contributed by atoms with Gasteiger partial charge in [0.15, 0.2) is 0 Å². The molecule has 0 atom stereocenters. The van der Waals surface area contributed by atoms with E-state index in [-0.39, 0.29) is 5.02 Å². The van der Waals surface area contributed by atoms with Crippen molar-refractivity contribution in [1.29, 1.82) is 0 Å². The first-order chi connectivity index (χ1) is 8.75. The number of benzene rings is 2. The summed E-state index contributed by atoms with van der Waals surface area (Å²) in [7, 11) is 0. The van der Waals surface area contributed by atoms with Crippen LogP contribution in [-0.2, 0) is 6.54 Å². The topological polar surface area (TPSA) is 17.8 Å². The van der Waals surface area contributed by atoms with Crippen molar-refractivity contribution in [2.75, 3.05) is 0 Å². The van der Waals surface area contributed by atoms with Crippen LogP contribution in [0.15, 0.2) is 48.8 Å². The maximum Gasteiger partial charge on any atom is 0.142 e. The van der Waals surface area contributed by atoms with Crippen molar-refractivity contribution in [3.8, 4) is 0 Å². The molecule has 0 saturated heterocycles. The van der Waals surface area contributed by atoms with Gasteiger partial charge in [0.25, 0.3) is 0 Å². The Morgan fingerprint density at radius 2 is 1.94 bits per heavy atom. The molecule has 3 rings (SSSR count). The van der Waals surface area contributed by atoms with Gasteiger partial charge >= 0.3 is 0 Å². The summed E-state index contributed by atoms with van der Waals surface area (Å²) >= 11 is 5.95. The van der Waals surface area contributed by atoms with Crippen LogP contribution < -0.4 is 0 Å². The molecule has 4 heteroatoms. The Balaban J connectivity index is 2.04. The second-order valence-corrected chi connectivity index (χ2v) is 4.45. The summed E-state index contributed by atoms with van der Waals surface area (Å²) in [5.74, 6) is -0.390. The van der Waals surface area contributed by atoms with E-state index in [0.717, 1.165) is 16.6 Å². The van der Waals surface area contributed by atoms with Crippen LogP contribution in [0.25, 0.3) is 11.0 Å². The van der Waals surface area contributed by atoms with Crippen molar-refractivity contribution in [3.63, 3.8) is 0 Å². The summed E-state index contributed by atoms with van der Waals surface area (Å²) in [5, 5.41) is 0.176. The van der Waals surface area contributed by atoms with Crippen LogP contribution in [0.2, 0.25) is 5.02 Å². The number of fused-ring (bicyclic) bond motifs is 1. The second-order valence-electron chi connectivity index (χ2n) is 4.07. The number of halogens is 2. The van der Waals surface area contributed by atoms with E-state index in [1.807, 2.05) is 34.9 Å². The van der Waals surface area contributed by atoms with Gasteiger partial charge in [0.2, 0.25) is 0 Å². The molecule has 0 saturated carbocycles. The minimum Gasteiger partial charge on any atom is -0.326 e. The molecule has 0 aliphatic heterocycles. The summed E-state index contributed by atoms with van der Waals surface area (Å²) in [6.07, 6.45) is 1.74. The van der Waals surface area contributed by atoms with Gasteiger partial charge in [-0.05, 0) is 23.8 Å². The molecule has 0 N–H and O–H groups in total. The molecule has 2 nitrogen and oxygen atoms in total. The quantitative estimate of drug-likeness (QED) is 0.684. The lowest BCUT2D eigenvalue weighted by Crippen LogP contribution is -1.99. The number of imidazole rings is 1. The molecular weight excluding hydrogens is 251 g/mol. The highest BCUT2D eigenvalue weighted by Crippen LogP contribution is 2.22. The highest BCUT2D eigenvalue weighted by atomic mass is 35.5. The Morgan fingerprint density at radius 1 is 1.11 bits per heavy atom. The van der Waals surface area contributed by atoms with Crippen LogP contribution in [0, 0.1) is 5.82 Å². The van der Waals surface area contributed by atoms with Crippen molar-refractivity contribution in [1.82, 2.24) is 9.55 Å². The molecule has 0 aliphatic carbocycles. The summed E-state index contributed by atoms with van der Waals surface area (Å²) in [4.78, 5) is 4.29. The highest BCUT2D eigenvalue weighted by molar-refractivity contribution is 6.31. The fourth-order valence-electron chi connectivity index (χ4n) is 1.99. The van der Waals surface area contributed by atoms with Gasteiger partial charge < -0.3 is 4.57 Å². The molecule has 0 amide bonds. The largest absolute Gasteiger partial charge is 0.326 e. The SMILES string of the molecule is Fc1cccc(Cn2cnc3ccccc32)c1Cl. The highest BCUT2D eigenvalue weighted by Gasteiger charge is 2.08. The van der Waals surface area contributed by atoms with Gasteiger partial charge in [0, 0.05) is 0 Å². The zero-order valence-corrected chi connectivity index (χ0v) is 10.2. The summed E-state index contributed by atoms with van der Waals surface area (Å²) < 4.78 is 15.3. The van der Waals surface area contributed by atoms with Crippen LogP contribution in [-0.4, -0.2) is 9.55 Å². The minimum atomic E-state index is -0.390. The number of hydrogen-bond acceptors (Lipinski definition) is 1. The Kier molecular flexibility index (Phi) is 2.76. The number of rotatable bonds is 2. The third kappa shape index (κ3) is 1.87. The van der Waals surface area contributed by atoms with Crippen molar-refractivity contribution in [2.24, 2.45) is 0 Å². The fraction of sp³-hybridized carbons (Fsp3) is 0.0714. The number of para-hydroxylation sites is 2. The predicted molar refractivity (Wildman–Crippen MR) is 70.2 cm³/mol. The molecule has 0 aliphatic rings. The lowest BCUT2D eigenvalue weighted by molar-refractivity contribution is 0.624. The molecule has 0 spiro atoms. The van der Waals surface area contributed by atoms with Crippen LogP contribution in [0.5, 0.6) is 0 Å². The molecule has 0 fully saturated rings. The van der Waals surface area contributed by atoms with Crippen LogP contribution >= 0.6 is 11.6 Å². The van der Waals surface area contributed by atoms with Gasteiger partial charge in [-0.2, -0.15) is 0 Å². The Bertz CT molecular complexity index is 706. The third-order valence-electron chi connectivity index (χ3n) is 2.90. The third-order valence-corrected chi connectivity index (χ3v) is 3.32. The first-order valence-electron chi connectivity index (χ1n) is 5.58. The first-order valence-corrected chi connectivity index (χ1v) is 5.96. The minimum absolute atomic E-state index is 0.176. The zero-order valence-electron chi connectivity index (χ0n) is 9.48. The monoisotopic (exact) mass is 260 g/mol. The molecule has 1 heterocycles. The molecule has 90 valence electrons. The maximum absolute atomic E-state index is 13.4. The fourth-order valence-corrected chi connectivity index (χ4v) is 2.18. The van der Waals surface area contributed by atoms with E-state index in [2.05, 4.69) is 4.98 Å². The van der Waals surface area contributed by atoms with E-state index in [1.165, 1.54) is 6.07 Å². The summed E-state index contributed by atoms with van der Waals surface area (Å²) in [5.41, 5.74) is 2.68. The molecule has 0 radical (unpaired) electrons. The van der Waals surface area contributed by atoms with E-state index in [1.54, 1.807) is 12.4 Å². The van der Waals surface area contributed by atoms with E-state index in [0.29, 0.717) is 6.54 Å².